The lowest BCUT2D eigenvalue weighted by atomic mass is 10.2. The summed E-state index contributed by atoms with van der Waals surface area (Å²) in [6, 6.07) is 5.69. The third-order valence-corrected chi connectivity index (χ3v) is 3.46. The van der Waals surface area contributed by atoms with Crippen molar-refractivity contribution in [3.63, 3.8) is 0 Å². The van der Waals surface area contributed by atoms with Crippen LogP contribution in [0.15, 0.2) is 28.8 Å². The van der Waals surface area contributed by atoms with E-state index in [0.29, 0.717) is 24.1 Å². The highest BCUT2D eigenvalue weighted by Crippen LogP contribution is 2.16. The first-order valence-corrected chi connectivity index (χ1v) is 7.03. The second-order valence-electron chi connectivity index (χ2n) is 4.83. The first kappa shape index (κ1) is 14.5. The van der Waals surface area contributed by atoms with Gasteiger partial charge >= 0.3 is 0 Å². The van der Waals surface area contributed by atoms with Gasteiger partial charge in [-0.15, -0.1) is 0 Å². The molecule has 0 amide bonds. The van der Waals surface area contributed by atoms with Gasteiger partial charge in [0.05, 0.1) is 24.7 Å². The predicted molar refractivity (Wildman–Crippen MR) is 76.5 cm³/mol. The van der Waals surface area contributed by atoms with Gasteiger partial charge in [0.25, 0.3) is 0 Å². The Morgan fingerprint density at radius 3 is 2.70 bits per heavy atom. The number of nitrogens with zero attached hydrogens (tertiary/aromatic N) is 2. The molecule has 0 aliphatic heterocycles. The quantitative estimate of drug-likeness (QED) is 0.788. The highest BCUT2D eigenvalue weighted by molar-refractivity contribution is 5.94. The molecule has 0 unspecified atom stereocenters. The normalized spacial score (nSPS) is 11.2. The molecule has 0 fully saturated rings. The summed E-state index contributed by atoms with van der Waals surface area (Å²) < 4.78 is 7.29. The van der Waals surface area contributed by atoms with Gasteiger partial charge in [0, 0.05) is 6.20 Å². The molecule has 0 atom stereocenters. The second kappa shape index (κ2) is 6.52. The van der Waals surface area contributed by atoms with Gasteiger partial charge in [-0.3, -0.25) is 9.48 Å². The largest absolute Gasteiger partial charge is 0.457 e. The van der Waals surface area contributed by atoms with E-state index in [-0.39, 0.29) is 12.2 Å². The van der Waals surface area contributed by atoms with Crippen LogP contribution in [0, 0.1) is 0 Å². The first-order chi connectivity index (χ1) is 9.67. The standard InChI is InChI=1S/C15H21N3O2/c1-3-12(4-2)18-8-7-11(17-18)9-14(19)15-6-5-13(10-16)20-15/h5-8,12H,3-4,9-10,16H2,1-2H3. The Labute approximate surface area is 118 Å². The number of Topliss-reactive ketones (excluding diaryl/α,β-unsaturated/α-hetero) is 1. The van der Waals surface area contributed by atoms with Gasteiger partial charge in [0.2, 0.25) is 5.78 Å². The average molecular weight is 275 g/mol. The molecule has 2 heterocycles. The number of rotatable bonds is 7. The van der Waals surface area contributed by atoms with Gasteiger partial charge in [0.1, 0.15) is 5.76 Å². The van der Waals surface area contributed by atoms with Crippen LogP contribution >= 0.6 is 0 Å². The molecular formula is C15H21N3O2. The molecule has 0 aromatic carbocycles. The summed E-state index contributed by atoms with van der Waals surface area (Å²) in [5.74, 6) is 0.901. The van der Waals surface area contributed by atoms with Crippen molar-refractivity contribution in [1.82, 2.24) is 9.78 Å². The molecule has 0 aliphatic rings. The molecular weight excluding hydrogens is 254 g/mol. The summed E-state index contributed by atoms with van der Waals surface area (Å²) in [5.41, 5.74) is 6.23. The van der Waals surface area contributed by atoms with E-state index in [2.05, 4.69) is 18.9 Å². The van der Waals surface area contributed by atoms with Gasteiger partial charge in [-0.25, -0.2) is 0 Å². The van der Waals surface area contributed by atoms with Gasteiger partial charge < -0.3 is 10.2 Å². The van der Waals surface area contributed by atoms with Crippen molar-refractivity contribution in [2.24, 2.45) is 5.73 Å². The van der Waals surface area contributed by atoms with Crippen LogP contribution in [-0.2, 0) is 13.0 Å². The van der Waals surface area contributed by atoms with Crippen LogP contribution < -0.4 is 5.73 Å². The zero-order chi connectivity index (χ0) is 14.5. The van der Waals surface area contributed by atoms with E-state index in [1.807, 2.05) is 16.9 Å². The maximum absolute atomic E-state index is 12.1. The molecule has 5 nitrogen and oxygen atoms in total. The van der Waals surface area contributed by atoms with Crippen molar-refractivity contribution in [2.75, 3.05) is 0 Å². The molecule has 5 heteroatoms. The Hall–Kier alpha value is -1.88. The van der Waals surface area contributed by atoms with Gasteiger partial charge in [-0.1, -0.05) is 13.8 Å². The second-order valence-corrected chi connectivity index (χ2v) is 4.83. The number of hydrogen-bond donors (Lipinski definition) is 1. The molecule has 0 spiro atoms. The molecule has 108 valence electrons. The van der Waals surface area contributed by atoms with Crippen LogP contribution in [0.2, 0.25) is 0 Å². The van der Waals surface area contributed by atoms with Crippen LogP contribution in [0.1, 0.15) is 54.7 Å². The Morgan fingerprint density at radius 1 is 1.35 bits per heavy atom. The fourth-order valence-corrected chi connectivity index (χ4v) is 2.23. The molecule has 2 N–H and O–H groups in total. The number of carbonyl (C=O) groups excluding carboxylic acids is 1. The predicted octanol–water partition coefficient (Wildman–Crippen LogP) is 2.72. The lowest BCUT2D eigenvalue weighted by Gasteiger charge is -2.12. The minimum Gasteiger partial charge on any atom is -0.457 e. The molecule has 0 aliphatic carbocycles. The van der Waals surface area contributed by atoms with Crippen LogP contribution in [0.3, 0.4) is 0 Å². The number of ketones is 1. The SMILES string of the molecule is CCC(CC)n1ccc(CC(=O)c2ccc(CN)o2)n1. The molecule has 2 aromatic rings. The van der Waals surface area contributed by atoms with Gasteiger partial charge in [-0.2, -0.15) is 5.10 Å². The number of aromatic nitrogens is 2. The van der Waals surface area contributed by atoms with Crippen LogP contribution in [0.25, 0.3) is 0 Å². The minimum atomic E-state index is -0.0699. The zero-order valence-electron chi connectivity index (χ0n) is 12.0. The van der Waals surface area contributed by atoms with Crippen molar-refractivity contribution in [3.8, 4) is 0 Å². The fraction of sp³-hybridized carbons (Fsp3) is 0.467. The number of nitrogens with two attached hydrogens (primary N) is 1. The van der Waals surface area contributed by atoms with Gasteiger partial charge in [0.15, 0.2) is 5.76 Å². The summed E-state index contributed by atoms with van der Waals surface area (Å²) in [5, 5.41) is 4.47. The molecule has 0 radical (unpaired) electrons. The molecule has 0 saturated heterocycles. The molecule has 20 heavy (non-hydrogen) atoms. The van der Waals surface area contributed by atoms with E-state index < -0.39 is 0 Å². The monoisotopic (exact) mass is 275 g/mol. The third-order valence-electron chi connectivity index (χ3n) is 3.46. The van der Waals surface area contributed by atoms with E-state index in [9.17, 15) is 4.79 Å². The summed E-state index contributed by atoms with van der Waals surface area (Å²) >= 11 is 0. The fourth-order valence-electron chi connectivity index (χ4n) is 2.23. The Bertz CT molecular complexity index is 567. The third kappa shape index (κ3) is 3.17. The number of carbonyl (C=O) groups is 1. The van der Waals surface area contributed by atoms with Crippen molar-refractivity contribution in [2.45, 2.75) is 45.7 Å². The molecule has 2 aromatic heterocycles. The first-order valence-electron chi connectivity index (χ1n) is 7.03. The highest BCUT2D eigenvalue weighted by atomic mass is 16.3. The average Bonchev–Trinajstić information content (AvgIpc) is 3.09. The maximum atomic E-state index is 12.1. The molecule has 2 rings (SSSR count). The summed E-state index contributed by atoms with van der Waals surface area (Å²) in [6.07, 6.45) is 4.26. The van der Waals surface area contributed by atoms with Crippen molar-refractivity contribution in [3.05, 3.63) is 41.6 Å². The van der Waals surface area contributed by atoms with Crippen LogP contribution in [0.5, 0.6) is 0 Å². The Balaban J connectivity index is 2.04. The van der Waals surface area contributed by atoms with E-state index in [1.165, 1.54) is 0 Å². The Kier molecular flexibility index (Phi) is 4.74. The topological polar surface area (TPSA) is 74.0 Å². The van der Waals surface area contributed by atoms with E-state index in [0.717, 1.165) is 18.5 Å². The van der Waals surface area contributed by atoms with Crippen molar-refractivity contribution >= 4 is 5.78 Å². The number of furan rings is 1. The molecule has 0 saturated carbocycles. The number of hydrogen-bond acceptors (Lipinski definition) is 4. The summed E-state index contributed by atoms with van der Waals surface area (Å²) in [6.45, 7) is 4.58. The highest BCUT2D eigenvalue weighted by Gasteiger charge is 2.14. The van der Waals surface area contributed by atoms with E-state index in [4.69, 9.17) is 10.2 Å². The summed E-state index contributed by atoms with van der Waals surface area (Å²) in [7, 11) is 0. The lowest BCUT2D eigenvalue weighted by molar-refractivity contribution is 0.0963. The maximum Gasteiger partial charge on any atom is 0.203 e. The van der Waals surface area contributed by atoms with Crippen molar-refractivity contribution in [1.29, 1.82) is 0 Å². The summed E-state index contributed by atoms with van der Waals surface area (Å²) in [4.78, 5) is 12.1. The van der Waals surface area contributed by atoms with E-state index in [1.54, 1.807) is 12.1 Å². The van der Waals surface area contributed by atoms with E-state index >= 15 is 0 Å². The molecule has 0 bridgehead atoms. The van der Waals surface area contributed by atoms with Crippen molar-refractivity contribution < 1.29 is 9.21 Å². The van der Waals surface area contributed by atoms with Crippen LogP contribution in [0.4, 0.5) is 0 Å². The Morgan fingerprint density at radius 2 is 2.10 bits per heavy atom. The zero-order valence-corrected chi connectivity index (χ0v) is 12.0. The lowest BCUT2D eigenvalue weighted by Crippen LogP contribution is -2.09. The minimum absolute atomic E-state index is 0.0699. The smallest absolute Gasteiger partial charge is 0.203 e. The van der Waals surface area contributed by atoms with Gasteiger partial charge in [-0.05, 0) is 31.0 Å². The van der Waals surface area contributed by atoms with Crippen LogP contribution in [-0.4, -0.2) is 15.6 Å².